The molecule has 1 saturated heterocycles. The van der Waals surface area contributed by atoms with Crippen molar-refractivity contribution in [1.82, 2.24) is 35.8 Å². The van der Waals surface area contributed by atoms with E-state index in [0.717, 1.165) is 5.56 Å². The van der Waals surface area contributed by atoms with E-state index in [4.69, 9.17) is 16.3 Å². The van der Waals surface area contributed by atoms with Gasteiger partial charge in [-0.2, -0.15) is 0 Å². The van der Waals surface area contributed by atoms with Crippen molar-refractivity contribution in [2.24, 2.45) is 0 Å². The van der Waals surface area contributed by atoms with Crippen LogP contribution < -0.4 is 20.7 Å². The molecule has 11 nitrogen and oxygen atoms in total. The molecule has 0 unspecified atom stereocenters. The number of amides is 3. The summed E-state index contributed by atoms with van der Waals surface area (Å²) in [5.74, 6) is -0.372. The van der Waals surface area contributed by atoms with Gasteiger partial charge in [-0.15, -0.1) is 5.10 Å². The normalized spacial score (nSPS) is 22.9. The van der Waals surface area contributed by atoms with Gasteiger partial charge in [0.25, 0.3) is 5.91 Å². The number of ether oxygens (including phenoxy) is 1. The summed E-state index contributed by atoms with van der Waals surface area (Å²) in [4.78, 5) is 41.5. The highest BCUT2D eigenvalue weighted by atomic mass is 35.5. The molecule has 0 aliphatic carbocycles. The Morgan fingerprint density at radius 1 is 1.07 bits per heavy atom. The zero-order valence-corrected chi connectivity index (χ0v) is 22.9. The largest absolute Gasteiger partial charge is 0.492 e. The minimum absolute atomic E-state index is 0.176. The summed E-state index contributed by atoms with van der Waals surface area (Å²) in [5, 5.41) is 17.5. The van der Waals surface area contributed by atoms with Crippen molar-refractivity contribution < 1.29 is 19.1 Å². The van der Waals surface area contributed by atoms with Crippen LogP contribution in [0.3, 0.4) is 0 Å². The maximum absolute atomic E-state index is 13.4. The van der Waals surface area contributed by atoms with Gasteiger partial charge < -0.3 is 20.7 Å². The van der Waals surface area contributed by atoms with Crippen molar-refractivity contribution in [1.29, 1.82) is 0 Å². The first-order chi connectivity index (χ1) is 19.4. The smallest absolute Gasteiger partial charge is 0.251 e. The maximum atomic E-state index is 13.4. The standard InChI is InChI=1S/C28H32ClN7O4/c1-35-16-20-14-24(35)28(39)32-23(12-18-6-3-2-4-7-18)27(38)30-15-21-17-36(34-33-21)10-5-11-40-25-9-8-19(13-22(25)29)26(37)31-20/h2-4,6-9,13,17,20,23-24H,5,10-12,14-16H2,1H3,(H,30,38)(H,31,37)(H,32,39)/t20-,23-,24-/m0/s1. The number of carbonyl (C=O) groups excluding carboxylic acids is 3. The molecule has 3 amide bonds. The average Bonchev–Trinajstić information content (AvgIpc) is 3.55. The number of halogens is 1. The number of nitrogens with zero attached hydrogens (tertiary/aromatic N) is 4. The lowest BCUT2D eigenvalue weighted by atomic mass is 10.0. The van der Waals surface area contributed by atoms with E-state index >= 15 is 0 Å². The molecule has 210 valence electrons. The van der Waals surface area contributed by atoms with E-state index in [0.29, 0.717) is 61.0 Å². The Balaban J connectivity index is 1.36. The fourth-order valence-electron chi connectivity index (χ4n) is 5.00. The number of rotatable bonds is 2. The second kappa shape index (κ2) is 12.5. The molecule has 3 aromatic rings. The predicted molar refractivity (Wildman–Crippen MR) is 148 cm³/mol. The summed E-state index contributed by atoms with van der Waals surface area (Å²) in [5.41, 5.74) is 1.94. The van der Waals surface area contributed by atoms with E-state index in [9.17, 15) is 14.4 Å². The lowest BCUT2D eigenvalue weighted by Gasteiger charge is -2.23. The molecular formula is C28H32ClN7O4. The third-order valence-electron chi connectivity index (χ3n) is 7.11. The van der Waals surface area contributed by atoms with Crippen LogP contribution in [0.2, 0.25) is 5.02 Å². The number of likely N-dealkylation sites (tertiary alicyclic amines) is 1. The second-order valence-electron chi connectivity index (χ2n) is 10.2. The van der Waals surface area contributed by atoms with Crippen molar-refractivity contribution in [2.75, 3.05) is 20.2 Å². The monoisotopic (exact) mass is 565 g/mol. The van der Waals surface area contributed by atoms with E-state index in [1.165, 1.54) is 0 Å². The lowest BCUT2D eigenvalue weighted by molar-refractivity contribution is -0.131. The third kappa shape index (κ3) is 6.78. The van der Waals surface area contributed by atoms with Gasteiger partial charge in [0, 0.05) is 37.5 Å². The molecule has 6 rings (SSSR count). The summed E-state index contributed by atoms with van der Waals surface area (Å²) in [6, 6.07) is 12.9. The molecular weight excluding hydrogens is 534 g/mol. The summed E-state index contributed by atoms with van der Waals surface area (Å²) in [7, 11) is 1.83. The second-order valence-corrected chi connectivity index (χ2v) is 10.6. The summed E-state index contributed by atoms with van der Waals surface area (Å²) >= 11 is 6.39. The Morgan fingerprint density at radius 3 is 2.70 bits per heavy atom. The van der Waals surface area contributed by atoms with E-state index in [1.807, 2.05) is 42.3 Å². The molecule has 2 aromatic carbocycles. The van der Waals surface area contributed by atoms with Gasteiger partial charge in [-0.05, 0) is 37.2 Å². The molecule has 3 aliphatic heterocycles. The lowest BCUT2D eigenvalue weighted by Crippen LogP contribution is -2.52. The fourth-order valence-corrected chi connectivity index (χ4v) is 5.24. The van der Waals surface area contributed by atoms with Crippen LogP contribution in [0.1, 0.15) is 34.5 Å². The van der Waals surface area contributed by atoms with Gasteiger partial charge in [-0.3, -0.25) is 24.0 Å². The molecule has 1 fully saturated rings. The van der Waals surface area contributed by atoms with Crippen LogP contribution >= 0.6 is 11.6 Å². The van der Waals surface area contributed by atoms with Crippen molar-refractivity contribution in [3.05, 3.63) is 76.6 Å². The van der Waals surface area contributed by atoms with Gasteiger partial charge in [0.2, 0.25) is 11.8 Å². The number of aryl methyl sites for hydroxylation is 1. The van der Waals surface area contributed by atoms with Gasteiger partial charge in [-0.25, -0.2) is 0 Å². The van der Waals surface area contributed by atoms with Crippen molar-refractivity contribution in [2.45, 2.75) is 50.5 Å². The van der Waals surface area contributed by atoms with Crippen molar-refractivity contribution >= 4 is 29.3 Å². The number of likely N-dealkylation sites (N-methyl/N-ethyl adjacent to an activating group) is 1. The predicted octanol–water partition coefficient (Wildman–Crippen LogP) is 1.56. The quantitative estimate of drug-likeness (QED) is 0.430. The number of carbonyl (C=O) groups is 3. The van der Waals surface area contributed by atoms with Gasteiger partial charge in [0.15, 0.2) is 0 Å². The molecule has 40 heavy (non-hydrogen) atoms. The third-order valence-corrected chi connectivity index (χ3v) is 7.41. The summed E-state index contributed by atoms with van der Waals surface area (Å²) in [6.45, 7) is 1.62. The Kier molecular flexibility index (Phi) is 8.61. The number of aromatic nitrogens is 3. The summed E-state index contributed by atoms with van der Waals surface area (Å²) < 4.78 is 7.48. The van der Waals surface area contributed by atoms with Crippen LogP contribution in [0, 0.1) is 0 Å². The van der Waals surface area contributed by atoms with Gasteiger partial charge >= 0.3 is 0 Å². The molecule has 0 saturated carbocycles. The molecule has 0 spiro atoms. The molecule has 0 radical (unpaired) electrons. The van der Waals surface area contributed by atoms with E-state index in [-0.39, 0.29) is 30.3 Å². The highest BCUT2D eigenvalue weighted by Gasteiger charge is 2.37. The van der Waals surface area contributed by atoms with Gasteiger partial charge in [0.1, 0.15) is 17.5 Å². The Bertz CT molecular complexity index is 1370. The minimum Gasteiger partial charge on any atom is -0.492 e. The first-order valence-corrected chi connectivity index (χ1v) is 13.7. The van der Waals surface area contributed by atoms with Crippen LogP contribution in [0.4, 0.5) is 0 Å². The average molecular weight is 566 g/mol. The molecule has 4 heterocycles. The SMILES string of the molecule is CN1C[C@@H]2C[C@H]1C(=O)N[C@@H](Cc1ccccc1)C(=O)NCc1cn(nn1)CCCOc1ccc(cc1Cl)C(=O)N2. The van der Waals surface area contributed by atoms with Crippen LogP contribution in [0.15, 0.2) is 54.7 Å². The summed E-state index contributed by atoms with van der Waals surface area (Å²) in [6.07, 6.45) is 3.16. The number of nitrogens with one attached hydrogen (secondary N) is 3. The van der Waals surface area contributed by atoms with Crippen LogP contribution in [-0.4, -0.2) is 75.9 Å². The number of benzene rings is 2. The number of hydrogen-bond acceptors (Lipinski definition) is 7. The molecule has 3 atom stereocenters. The zero-order chi connectivity index (χ0) is 28.1. The van der Waals surface area contributed by atoms with E-state index in [2.05, 4.69) is 26.3 Å². The molecule has 1 aromatic heterocycles. The zero-order valence-electron chi connectivity index (χ0n) is 22.2. The number of fused-ring (bicyclic) bond motifs is 11. The first kappa shape index (κ1) is 27.6. The van der Waals surface area contributed by atoms with Gasteiger partial charge in [-0.1, -0.05) is 47.1 Å². The minimum atomic E-state index is -0.789. The van der Waals surface area contributed by atoms with E-state index < -0.39 is 12.1 Å². The Morgan fingerprint density at radius 2 is 1.90 bits per heavy atom. The van der Waals surface area contributed by atoms with Crippen molar-refractivity contribution in [3.63, 3.8) is 0 Å². The highest BCUT2D eigenvalue weighted by molar-refractivity contribution is 6.32. The Labute approximate surface area is 237 Å². The maximum Gasteiger partial charge on any atom is 0.251 e. The number of hydrogen-bond donors (Lipinski definition) is 3. The van der Waals surface area contributed by atoms with Crippen molar-refractivity contribution in [3.8, 4) is 5.75 Å². The molecule has 3 aliphatic rings. The van der Waals surface area contributed by atoms with Crippen LogP contribution in [-0.2, 0) is 29.1 Å². The molecule has 3 N–H and O–H groups in total. The first-order valence-electron chi connectivity index (χ1n) is 13.3. The van der Waals surface area contributed by atoms with Crippen LogP contribution in [0.5, 0.6) is 5.75 Å². The molecule has 12 heteroatoms. The van der Waals surface area contributed by atoms with Crippen LogP contribution in [0.25, 0.3) is 0 Å². The highest BCUT2D eigenvalue weighted by Crippen LogP contribution is 2.26. The Hall–Kier alpha value is -3.96. The van der Waals surface area contributed by atoms with E-state index in [1.54, 1.807) is 29.1 Å². The molecule has 6 bridgehead atoms. The fraction of sp³-hybridized carbons (Fsp3) is 0.393. The topological polar surface area (TPSA) is 130 Å². The van der Waals surface area contributed by atoms with Gasteiger partial charge in [0.05, 0.1) is 30.4 Å².